The third-order valence-corrected chi connectivity index (χ3v) is 9.87. The molecule has 3 heterocycles. The van der Waals surface area contributed by atoms with Crippen molar-refractivity contribution in [1.29, 1.82) is 0 Å². The third-order valence-electron chi connectivity index (χ3n) is 9.37. The molecule has 1 saturated heterocycles. The lowest BCUT2D eigenvalue weighted by Crippen LogP contribution is -2.40. The summed E-state index contributed by atoms with van der Waals surface area (Å²) in [6.07, 6.45) is 4.50. The lowest BCUT2D eigenvalue weighted by atomic mass is 9.80. The number of anilines is 1. The summed E-state index contributed by atoms with van der Waals surface area (Å²) in [6.45, 7) is 5.57. The molecular weight excluding hydrogens is 766 g/mol. The van der Waals surface area contributed by atoms with Gasteiger partial charge in [0, 0.05) is 52.9 Å². The Morgan fingerprint density at radius 2 is 1.37 bits per heavy atom. The second-order valence-electron chi connectivity index (χ2n) is 13.2. The topological polar surface area (TPSA) is 189 Å². The van der Waals surface area contributed by atoms with Gasteiger partial charge >= 0.3 is 7.12 Å². The highest BCUT2D eigenvalue weighted by Crippen LogP contribution is 2.34. The van der Waals surface area contributed by atoms with Gasteiger partial charge in [0.25, 0.3) is 11.8 Å². The van der Waals surface area contributed by atoms with E-state index in [-0.39, 0.29) is 23.8 Å². The van der Waals surface area contributed by atoms with E-state index in [0.29, 0.717) is 75.4 Å². The highest BCUT2D eigenvalue weighted by molar-refractivity contribution is 6.58. The van der Waals surface area contributed by atoms with Crippen molar-refractivity contribution in [3.05, 3.63) is 148 Å². The van der Waals surface area contributed by atoms with Crippen LogP contribution in [-0.4, -0.2) is 72.6 Å². The van der Waals surface area contributed by atoms with Crippen LogP contribution in [-0.2, 0) is 17.9 Å². The van der Waals surface area contributed by atoms with Gasteiger partial charge in [0.1, 0.15) is 17.8 Å². The van der Waals surface area contributed by atoms with Crippen LogP contribution in [0.5, 0.6) is 0 Å². The van der Waals surface area contributed by atoms with Gasteiger partial charge in [0.2, 0.25) is 5.91 Å². The minimum absolute atomic E-state index is 0.0365. The summed E-state index contributed by atoms with van der Waals surface area (Å²) < 4.78 is 1.87. The van der Waals surface area contributed by atoms with Crippen molar-refractivity contribution in [1.82, 2.24) is 35.3 Å². The first-order valence-corrected chi connectivity index (χ1v) is 18.8. The molecule has 0 saturated carbocycles. The van der Waals surface area contributed by atoms with Crippen molar-refractivity contribution < 1.29 is 24.4 Å². The third kappa shape index (κ3) is 10.2. The van der Waals surface area contributed by atoms with Gasteiger partial charge in [-0.25, -0.2) is 14.6 Å². The monoisotopic (exact) mass is 804 g/mol. The van der Waals surface area contributed by atoms with Crippen molar-refractivity contribution in [3.63, 3.8) is 0 Å². The molecule has 3 amide bonds. The molecule has 2 aromatic heterocycles. The first-order valence-electron chi connectivity index (χ1n) is 18.0. The summed E-state index contributed by atoms with van der Waals surface area (Å²) in [5.74, 6) is -0.102. The molecule has 1 aliphatic heterocycles. The van der Waals surface area contributed by atoms with Gasteiger partial charge < -0.3 is 31.3 Å². The number of aromatic nitrogens is 4. The highest BCUT2D eigenvalue weighted by atomic mass is 35.5. The molecule has 1 atom stereocenters. The second-order valence-corrected chi connectivity index (χ2v) is 14.1. The van der Waals surface area contributed by atoms with Crippen LogP contribution in [0.2, 0.25) is 10.0 Å². The van der Waals surface area contributed by atoms with Gasteiger partial charge in [0.05, 0.1) is 11.4 Å². The van der Waals surface area contributed by atoms with E-state index in [1.807, 2.05) is 28.9 Å². The van der Waals surface area contributed by atoms with Gasteiger partial charge in [-0.3, -0.25) is 14.4 Å². The molecule has 13 nitrogen and oxygen atoms in total. The second kappa shape index (κ2) is 18.7. The Bertz CT molecular complexity index is 2360. The summed E-state index contributed by atoms with van der Waals surface area (Å²) in [5.41, 5.74) is 11.7. The summed E-state index contributed by atoms with van der Waals surface area (Å²) >= 11 is 11.7. The first-order chi connectivity index (χ1) is 27.5. The Labute approximate surface area is 339 Å². The van der Waals surface area contributed by atoms with E-state index in [9.17, 15) is 14.4 Å². The van der Waals surface area contributed by atoms with Crippen molar-refractivity contribution in [3.8, 4) is 11.3 Å². The Morgan fingerprint density at radius 3 is 1.89 bits per heavy atom. The number of piperidine rings is 1. The molecule has 1 fully saturated rings. The normalized spacial score (nSPS) is 13.6. The van der Waals surface area contributed by atoms with E-state index >= 15 is 0 Å². The van der Waals surface area contributed by atoms with E-state index in [2.05, 4.69) is 27.2 Å². The number of nitrogens with two attached hydrogens (primary N) is 1. The highest BCUT2D eigenvalue weighted by Gasteiger charge is 2.28. The van der Waals surface area contributed by atoms with Crippen LogP contribution in [0.25, 0.3) is 22.3 Å². The number of benzene rings is 4. The Kier molecular flexibility index (Phi) is 13.3. The maximum absolute atomic E-state index is 12.4. The molecule has 0 bridgehead atoms. The van der Waals surface area contributed by atoms with E-state index in [1.54, 1.807) is 77.7 Å². The number of nitrogens with one attached hydrogen (secondary N) is 2. The number of nitrogen functional groups attached to an aromatic ring is 1. The van der Waals surface area contributed by atoms with Crippen LogP contribution >= 0.6 is 23.2 Å². The molecule has 0 unspecified atom stereocenters. The van der Waals surface area contributed by atoms with Crippen molar-refractivity contribution in [2.75, 3.05) is 18.8 Å². The predicted molar refractivity (Wildman–Crippen MR) is 222 cm³/mol. The van der Waals surface area contributed by atoms with Gasteiger partial charge in [-0.2, -0.15) is 5.10 Å². The summed E-state index contributed by atoms with van der Waals surface area (Å²) in [7, 11) is -1.48. The zero-order valence-corrected chi connectivity index (χ0v) is 32.2. The SMILES string of the molecule is C=CC(=O)N1CCC[C@@H](n2nc(-c3ccc(CNC(=O)c4ccc(Cl)cc4)cc3)c3c(N)ncnc32)C1.O=C(NCc1ccc(B(O)O)cc1)c1ccc(Cl)cc1. The fourth-order valence-electron chi connectivity index (χ4n) is 6.30. The maximum atomic E-state index is 12.4. The maximum Gasteiger partial charge on any atom is 0.488 e. The zero-order valence-electron chi connectivity index (χ0n) is 30.7. The predicted octanol–water partition coefficient (Wildman–Crippen LogP) is 4.96. The lowest BCUT2D eigenvalue weighted by Gasteiger charge is -2.32. The molecule has 4 aromatic carbocycles. The van der Waals surface area contributed by atoms with E-state index in [1.165, 1.54) is 12.4 Å². The fraction of sp³-hybridized carbons (Fsp3) is 0.171. The number of likely N-dealkylation sites (tertiary alicyclic amines) is 1. The first kappa shape index (κ1) is 40.6. The lowest BCUT2D eigenvalue weighted by molar-refractivity contribution is -0.127. The Balaban J connectivity index is 0.000000232. The number of hydrogen-bond donors (Lipinski definition) is 5. The largest absolute Gasteiger partial charge is 0.488 e. The van der Waals surface area contributed by atoms with Gasteiger partial charge in [-0.15, -0.1) is 0 Å². The quantitative estimate of drug-likeness (QED) is 0.0943. The summed E-state index contributed by atoms with van der Waals surface area (Å²) in [5, 5.41) is 30.4. The molecule has 0 radical (unpaired) electrons. The van der Waals surface area contributed by atoms with Crippen molar-refractivity contribution >= 4 is 70.4 Å². The summed E-state index contributed by atoms with van der Waals surface area (Å²) in [4.78, 5) is 47.0. The average molecular weight is 806 g/mol. The number of fused-ring (bicyclic) bond motifs is 1. The Hall–Kier alpha value is -6.06. The summed E-state index contributed by atoms with van der Waals surface area (Å²) in [6, 6.07) is 27.8. The molecule has 0 aliphatic carbocycles. The number of hydrogen-bond acceptors (Lipinski definition) is 9. The van der Waals surface area contributed by atoms with Crippen molar-refractivity contribution in [2.24, 2.45) is 0 Å². The van der Waals surface area contributed by atoms with Crippen LogP contribution in [0.3, 0.4) is 0 Å². The van der Waals surface area contributed by atoms with Gasteiger partial charge in [-0.1, -0.05) is 78.3 Å². The number of rotatable bonds is 10. The fourth-order valence-corrected chi connectivity index (χ4v) is 6.55. The number of amides is 3. The smallest absolute Gasteiger partial charge is 0.423 e. The minimum atomic E-state index is -1.48. The zero-order chi connectivity index (χ0) is 40.5. The van der Waals surface area contributed by atoms with E-state index < -0.39 is 7.12 Å². The molecular formula is C41H39BCl2N8O5. The number of halogens is 2. The standard InChI is InChI=1S/C27H26ClN7O2.C14H13BClNO3/c1-2-22(36)34-13-3-4-21(15-34)35-26-23(25(29)31-16-32-26)24(33-35)18-7-5-17(6-8-18)14-30-27(37)19-9-11-20(28)12-10-19;16-13-7-3-11(4-8-13)14(18)17-9-10-1-5-12(6-2-10)15(19)20/h2,5-12,16,21H,1,3-4,13-15H2,(H,30,37)(H2,29,31,32);1-8,19-20H,9H2,(H,17,18)/t21-;/m1./s1. The molecule has 290 valence electrons. The van der Waals surface area contributed by atoms with Crippen LogP contribution < -0.4 is 21.8 Å². The van der Waals surface area contributed by atoms with E-state index in [0.717, 1.165) is 29.5 Å². The van der Waals surface area contributed by atoms with Crippen molar-refractivity contribution in [2.45, 2.75) is 32.0 Å². The van der Waals surface area contributed by atoms with Crippen LogP contribution in [0.15, 0.2) is 116 Å². The number of carbonyl (C=O) groups is 3. The number of carbonyl (C=O) groups excluding carboxylic acids is 3. The van der Waals surface area contributed by atoms with E-state index in [4.69, 9.17) is 44.1 Å². The Morgan fingerprint density at radius 1 is 0.825 bits per heavy atom. The minimum Gasteiger partial charge on any atom is -0.423 e. The molecule has 7 rings (SSSR count). The van der Waals surface area contributed by atoms with Crippen LogP contribution in [0, 0.1) is 0 Å². The molecule has 0 spiro atoms. The molecule has 57 heavy (non-hydrogen) atoms. The number of nitrogens with zero attached hydrogens (tertiary/aromatic N) is 5. The molecule has 1 aliphatic rings. The van der Waals surface area contributed by atoms with Crippen LogP contribution in [0.4, 0.5) is 5.82 Å². The molecule has 6 aromatic rings. The van der Waals surface area contributed by atoms with Gasteiger partial charge in [-0.05, 0) is 84.0 Å². The van der Waals surface area contributed by atoms with Gasteiger partial charge in [0.15, 0.2) is 5.65 Å². The average Bonchev–Trinajstić information content (AvgIpc) is 3.64. The molecule has 6 N–H and O–H groups in total. The van der Waals surface area contributed by atoms with Crippen LogP contribution in [0.1, 0.15) is 50.7 Å². The molecule has 16 heteroatoms.